The van der Waals surface area contributed by atoms with Gasteiger partial charge in [-0.2, -0.15) is 0 Å². The Kier molecular flexibility index (Phi) is 4.55. The molecule has 14 heavy (non-hydrogen) atoms. The SMILES string of the molecule is CC(C)C(=O)CN1CCCCC1CO. The van der Waals surface area contributed by atoms with Gasteiger partial charge in [-0.15, -0.1) is 0 Å². The van der Waals surface area contributed by atoms with Crippen molar-refractivity contribution < 1.29 is 9.90 Å². The van der Waals surface area contributed by atoms with E-state index < -0.39 is 0 Å². The number of aliphatic hydroxyl groups excluding tert-OH is 1. The van der Waals surface area contributed by atoms with Crippen molar-refractivity contribution in [3.63, 3.8) is 0 Å². The summed E-state index contributed by atoms with van der Waals surface area (Å²) in [5.74, 6) is 0.390. The Bertz CT molecular complexity index is 192. The summed E-state index contributed by atoms with van der Waals surface area (Å²) < 4.78 is 0. The van der Waals surface area contributed by atoms with E-state index in [1.54, 1.807) is 0 Å². The highest BCUT2D eigenvalue weighted by Gasteiger charge is 2.23. The molecule has 0 radical (unpaired) electrons. The van der Waals surface area contributed by atoms with Gasteiger partial charge in [0.25, 0.3) is 0 Å². The minimum Gasteiger partial charge on any atom is -0.395 e. The third-order valence-corrected chi connectivity index (χ3v) is 2.96. The second-order valence-electron chi connectivity index (χ2n) is 4.42. The maximum Gasteiger partial charge on any atom is 0.149 e. The average Bonchev–Trinajstić information content (AvgIpc) is 2.18. The van der Waals surface area contributed by atoms with Crippen LogP contribution in [0.5, 0.6) is 0 Å². The van der Waals surface area contributed by atoms with Crippen LogP contribution in [0.25, 0.3) is 0 Å². The number of hydrogen-bond donors (Lipinski definition) is 1. The van der Waals surface area contributed by atoms with Gasteiger partial charge in [-0.05, 0) is 19.4 Å². The number of aliphatic hydroxyl groups is 1. The van der Waals surface area contributed by atoms with E-state index >= 15 is 0 Å². The number of nitrogens with zero attached hydrogens (tertiary/aromatic N) is 1. The maximum absolute atomic E-state index is 11.5. The van der Waals surface area contributed by atoms with Crippen LogP contribution in [-0.4, -0.2) is 41.5 Å². The Labute approximate surface area is 86.1 Å². The standard InChI is InChI=1S/C11H21NO2/c1-9(2)11(14)7-12-6-4-3-5-10(12)8-13/h9-10,13H,3-8H2,1-2H3. The number of carbonyl (C=O) groups excluding carboxylic acids is 1. The first kappa shape index (κ1) is 11.7. The third kappa shape index (κ3) is 3.07. The first-order chi connectivity index (χ1) is 6.65. The summed E-state index contributed by atoms with van der Waals surface area (Å²) in [7, 11) is 0. The first-order valence-corrected chi connectivity index (χ1v) is 5.52. The van der Waals surface area contributed by atoms with Crippen LogP contribution in [0.4, 0.5) is 0 Å². The summed E-state index contributed by atoms with van der Waals surface area (Å²) in [5, 5.41) is 9.16. The molecule has 1 N–H and O–H groups in total. The predicted molar refractivity (Wildman–Crippen MR) is 56.1 cm³/mol. The van der Waals surface area contributed by atoms with Crippen molar-refractivity contribution in [3.8, 4) is 0 Å². The highest BCUT2D eigenvalue weighted by Crippen LogP contribution is 2.16. The molecule has 3 nitrogen and oxygen atoms in total. The van der Waals surface area contributed by atoms with Crippen LogP contribution in [0.2, 0.25) is 0 Å². The number of likely N-dealkylation sites (tertiary alicyclic amines) is 1. The van der Waals surface area contributed by atoms with Crippen molar-refractivity contribution >= 4 is 5.78 Å². The second kappa shape index (κ2) is 5.47. The number of ketones is 1. The van der Waals surface area contributed by atoms with Crippen molar-refractivity contribution in [3.05, 3.63) is 0 Å². The molecule has 1 unspecified atom stereocenters. The summed E-state index contributed by atoms with van der Waals surface area (Å²) in [4.78, 5) is 13.7. The second-order valence-corrected chi connectivity index (χ2v) is 4.42. The Hall–Kier alpha value is -0.410. The van der Waals surface area contributed by atoms with Crippen molar-refractivity contribution in [2.24, 2.45) is 5.92 Å². The lowest BCUT2D eigenvalue weighted by atomic mass is 10.0. The molecule has 0 amide bonds. The van der Waals surface area contributed by atoms with E-state index in [2.05, 4.69) is 4.90 Å². The number of carbonyl (C=O) groups is 1. The van der Waals surface area contributed by atoms with Gasteiger partial charge in [0.15, 0.2) is 0 Å². The number of rotatable bonds is 4. The molecule has 1 saturated heterocycles. The summed E-state index contributed by atoms with van der Waals surface area (Å²) in [6.07, 6.45) is 3.36. The molecule has 0 spiro atoms. The molecule has 0 saturated carbocycles. The van der Waals surface area contributed by atoms with Crippen LogP contribution in [0, 0.1) is 5.92 Å². The Morgan fingerprint density at radius 2 is 2.21 bits per heavy atom. The minimum atomic E-state index is 0.108. The fraction of sp³-hybridized carbons (Fsp3) is 0.909. The van der Waals surface area contributed by atoms with Crippen LogP contribution in [-0.2, 0) is 4.79 Å². The van der Waals surface area contributed by atoms with Gasteiger partial charge in [0.2, 0.25) is 0 Å². The van der Waals surface area contributed by atoms with E-state index in [1.807, 2.05) is 13.8 Å². The Morgan fingerprint density at radius 3 is 2.79 bits per heavy atom. The van der Waals surface area contributed by atoms with Crippen LogP contribution in [0.15, 0.2) is 0 Å². The lowest BCUT2D eigenvalue weighted by molar-refractivity contribution is -0.124. The van der Waals surface area contributed by atoms with E-state index in [9.17, 15) is 4.79 Å². The van der Waals surface area contributed by atoms with Crippen molar-refractivity contribution in [2.45, 2.75) is 39.2 Å². The molecular weight excluding hydrogens is 178 g/mol. The zero-order valence-electron chi connectivity index (χ0n) is 9.20. The van der Waals surface area contributed by atoms with E-state index in [0.29, 0.717) is 6.54 Å². The molecule has 0 aromatic heterocycles. The molecule has 3 heteroatoms. The summed E-state index contributed by atoms with van der Waals surface area (Å²) >= 11 is 0. The van der Waals surface area contributed by atoms with Crippen molar-refractivity contribution in [2.75, 3.05) is 19.7 Å². The van der Waals surface area contributed by atoms with Crippen LogP contribution >= 0.6 is 0 Å². The summed E-state index contributed by atoms with van der Waals surface area (Å²) in [6.45, 7) is 5.53. The molecule has 82 valence electrons. The normalized spacial score (nSPS) is 24.1. The predicted octanol–water partition coefficient (Wildman–Crippen LogP) is 1.06. The Balaban J connectivity index is 2.44. The Morgan fingerprint density at radius 1 is 1.50 bits per heavy atom. The van der Waals surface area contributed by atoms with E-state index in [1.165, 1.54) is 6.42 Å². The lowest BCUT2D eigenvalue weighted by Gasteiger charge is -2.34. The van der Waals surface area contributed by atoms with Gasteiger partial charge in [-0.25, -0.2) is 0 Å². The van der Waals surface area contributed by atoms with E-state index in [4.69, 9.17) is 5.11 Å². The van der Waals surface area contributed by atoms with Crippen LogP contribution in [0.3, 0.4) is 0 Å². The van der Waals surface area contributed by atoms with Gasteiger partial charge in [-0.1, -0.05) is 20.3 Å². The molecule has 1 fully saturated rings. The molecule has 1 atom stereocenters. The van der Waals surface area contributed by atoms with E-state index in [-0.39, 0.29) is 24.3 Å². The van der Waals surface area contributed by atoms with Gasteiger partial charge in [0, 0.05) is 12.0 Å². The fourth-order valence-electron chi connectivity index (χ4n) is 1.86. The molecule has 0 aliphatic carbocycles. The van der Waals surface area contributed by atoms with Gasteiger partial charge in [-0.3, -0.25) is 9.69 Å². The number of Topliss-reactive ketones (excluding diaryl/α,β-unsaturated/α-hetero) is 1. The molecule has 1 heterocycles. The molecule has 1 aliphatic heterocycles. The largest absolute Gasteiger partial charge is 0.395 e. The summed E-state index contributed by atoms with van der Waals surface area (Å²) in [5.41, 5.74) is 0. The monoisotopic (exact) mass is 199 g/mol. The molecule has 0 aromatic carbocycles. The zero-order valence-corrected chi connectivity index (χ0v) is 9.20. The number of hydrogen-bond acceptors (Lipinski definition) is 3. The fourth-order valence-corrected chi connectivity index (χ4v) is 1.86. The molecule has 1 aliphatic rings. The third-order valence-electron chi connectivity index (χ3n) is 2.96. The van der Waals surface area contributed by atoms with Crippen molar-refractivity contribution in [1.82, 2.24) is 4.90 Å². The van der Waals surface area contributed by atoms with Crippen LogP contribution < -0.4 is 0 Å². The maximum atomic E-state index is 11.5. The lowest BCUT2D eigenvalue weighted by Crippen LogP contribution is -2.45. The minimum absolute atomic E-state index is 0.108. The van der Waals surface area contributed by atoms with Gasteiger partial charge in [0.05, 0.1) is 13.2 Å². The molecular formula is C11H21NO2. The molecule has 1 rings (SSSR count). The van der Waals surface area contributed by atoms with Crippen molar-refractivity contribution in [1.29, 1.82) is 0 Å². The highest BCUT2D eigenvalue weighted by molar-refractivity contribution is 5.82. The molecule has 0 bridgehead atoms. The highest BCUT2D eigenvalue weighted by atomic mass is 16.3. The summed E-state index contributed by atoms with van der Waals surface area (Å²) in [6, 6.07) is 0.214. The van der Waals surface area contributed by atoms with Gasteiger partial charge in [0.1, 0.15) is 5.78 Å². The first-order valence-electron chi connectivity index (χ1n) is 5.52. The quantitative estimate of drug-likeness (QED) is 0.736. The zero-order chi connectivity index (χ0) is 10.6. The van der Waals surface area contributed by atoms with Gasteiger partial charge < -0.3 is 5.11 Å². The van der Waals surface area contributed by atoms with Crippen LogP contribution in [0.1, 0.15) is 33.1 Å². The topological polar surface area (TPSA) is 40.5 Å². The average molecular weight is 199 g/mol. The smallest absolute Gasteiger partial charge is 0.149 e. The number of piperidine rings is 1. The van der Waals surface area contributed by atoms with E-state index in [0.717, 1.165) is 19.4 Å². The van der Waals surface area contributed by atoms with Gasteiger partial charge >= 0.3 is 0 Å². The molecule has 0 aromatic rings.